The molecule has 0 saturated carbocycles. The van der Waals surface area contributed by atoms with E-state index in [1.807, 2.05) is 0 Å². The molecule has 0 spiro atoms. The SMILES string of the molecule is C[C@@H](NC(C[C@@H](N)C(=O)O)C(=O)O)C(=O)O. The van der Waals surface area contributed by atoms with Crippen LogP contribution >= 0.6 is 0 Å². The molecule has 0 aromatic carbocycles. The zero-order valence-electron chi connectivity index (χ0n) is 8.58. The molecule has 0 aromatic heterocycles. The summed E-state index contributed by atoms with van der Waals surface area (Å²) >= 11 is 0. The Bertz CT molecular complexity index is 270. The van der Waals surface area contributed by atoms with Crippen LogP contribution in [0.5, 0.6) is 0 Å². The lowest BCUT2D eigenvalue weighted by Gasteiger charge is -2.18. The summed E-state index contributed by atoms with van der Waals surface area (Å²) in [6, 6.07) is -3.76. The Hall–Kier alpha value is -1.67. The van der Waals surface area contributed by atoms with Gasteiger partial charge in [0, 0.05) is 0 Å². The van der Waals surface area contributed by atoms with Crippen molar-refractivity contribution in [1.82, 2.24) is 5.32 Å². The number of nitrogens with one attached hydrogen (secondary N) is 1. The van der Waals surface area contributed by atoms with Crippen molar-refractivity contribution >= 4 is 17.9 Å². The van der Waals surface area contributed by atoms with Crippen molar-refractivity contribution in [1.29, 1.82) is 0 Å². The zero-order chi connectivity index (χ0) is 12.9. The van der Waals surface area contributed by atoms with Gasteiger partial charge in [-0.2, -0.15) is 0 Å². The number of hydrogen-bond donors (Lipinski definition) is 5. The monoisotopic (exact) mass is 234 g/mol. The molecular weight excluding hydrogens is 220 g/mol. The summed E-state index contributed by atoms with van der Waals surface area (Å²) in [7, 11) is 0. The van der Waals surface area contributed by atoms with Crippen LogP contribution in [-0.2, 0) is 14.4 Å². The van der Waals surface area contributed by atoms with Crippen molar-refractivity contribution in [2.45, 2.75) is 31.5 Å². The summed E-state index contributed by atoms with van der Waals surface area (Å²) in [4.78, 5) is 31.6. The fourth-order valence-electron chi connectivity index (χ4n) is 0.968. The van der Waals surface area contributed by atoms with Gasteiger partial charge in [0.05, 0.1) is 0 Å². The number of aliphatic carboxylic acids is 3. The van der Waals surface area contributed by atoms with Crippen LogP contribution in [0.4, 0.5) is 0 Å². The van der Waals surface area contributed by atoms with Crippen LogP contribution in [0.1, 0.15) is 13.3 Å². The highest BCUT2D eigenvalue weighted by Crippen LogP contribution is 1.99. The molecule has 1 unspecified atom stereocenters. The summed E-state index contributed by atoms with van der Waals surface area (Å²) in [6.07, 6.45) is -0.387. The van der Waals surface area contributed by atoms with E-state index in [0.717, 1.165) is 0 Å². The van der Waals surface area contributed by atoms with Gasteiger partial charge in [0.2, 0.25) is 0 Å². The third-order valence-corrected chi connectivity index (χ3v) is 1.93. The third kappa shape index (κ3) is 4.71. The van der Waals surface area contributed by atoms with Gasteiger partial charge in [0.25, 0.3) is 0 Å². The summed E-state index contributed by atoms with van der Waals surface area (Å²) < 4.78 is 0. The minimum atomic E-state index is -1.35. The Labute approximate surface area is 91.1 Å². The van der Waals surface area contributed by atoms with Gasteiger partial charge >= 0.3 is 17.9 Å². The molecule has 8 heteroatoms. The lowest BCUT2D eigenvalue weighted by atomic mass is 10.1. The van der Waals surface area contributed by atoms with Crippen molar-refractivity contribution in [3.8, 4) is 0 Å². The predicted octanol–water partition coefficient (Wildman–Crippen LogP) is -1.70. The highest BCUT2D eigenvalue weighted by atomic mass is 16.4. The van der Waals surface area contributed by atoms with E-state index in [-0.39, 0.29) is 6.42 Å². The second-order valence-corrected chi connectivity index (χ2v) is 3.30. The van der Waals surface area contributed by atoms with Crippen LogP contribution in [-0.4, -0.2) is 51.4 Å². The second kappa shape index (κ2) is 6.03. The van der Waals surface area contributed by atoms with E-state index in [9.17, 15) is 14.4 Å². The molecule has 8 nitrogen and oxygen atoms in total. The highest BCUT2D eigenvalue weighted by Gasteiger charge is 2.27. The van der Waals surface area contributed by atoms with Gasteiger partial charge in [-0.05, 0) is 13.3 Å². The Kier molecular flexibility index (Phi) is 5.40. The quantitative estimate of drug-likeness (QED) is 0.350. The molecule has 0 aromatic rings. The molecule has 0 bridgehead atoms. The lowest BCUT2D eigenvalue weighted by Crippen LogP contribution is -2.49. The van der Waals surface area contributed by atoms with E-state index in [2.05, 4.69) is 5.32 Å². The molecule has 3 atom stereocenters. The Morgan fingerprint density at radius 1 is 1.12 bits per heavy atom. The minimum absolute atomic E-state index is 0.387. The first-order chi connectivity index (χ1) is 7.25. The summed E-state index contributed by atoms with van der Waals surface area (Å²) in [5, 5.41) is 28.0. The molecular formula is C8H14N2O6. The molecule has 6 N–H and O–H groups in total. The predicted molar refractivity (Wildman–Crippen MR) is 51.9 cm³/mol. The van der Waals surface area contributed by atoms with E-state index in [0.29, 0.717) is 0 Å². The van der Waals surface area contributed by atoms with Crippen LogP contribution in [0.25, 0.3) is 0 Å². The molecule has 0 fully saturated rings. The average molecular weight is 234 g/mol. The van der Waals surface area contributed by atoms with Crippen molar-refractivity contribution in [3.63, 3.8) is 0 Å². The van der Waals surface area contributed by atoms with Crippen LogP contribution < -0.4 is 11.1 Å². The largest absolute Gasteiger partial charge is 0.480 e. The molecule has 0 saturated heterocycles. The maximum absolute atomic E-state index is 10.7. The fraction of sp³-hybridized carbons (Fsp3) is 0.625. The standard InChI is InChI=1S/C8H14N2O6/c1-3(6(11)12)10-5(8(15)16)2-4(9)7(13)14/h3-5,10H,2,9H2,1H3,(H,11,12)(H,13,14)(H,15,16)/t3-,4-,5?/m1/s1. The topological polar surface area (TPSA) is 150 Å². The van der Waals surface area contributed by atoms with Crippen molar-refractivity contribution in [3.05, 3.63) is 0 Å². The number of rotatable bonds is 7. The first-order valence-corrected chi connectivity index (χ1v) is 4.45. The second-order valence-electron chi connectivity index (χ2n) is 3.30. The van der Waals surface area contributed by atoms with Crippen molar-refractivity contribution < 1.29 is 29.7 Å². The van der Waals surface area contributed by atoms with Gasteiger partial charge in [0.15, 0.2) is 0 Å². The molecule has 16 heavy (non-hydrogen) atoms. The van der Waals surface area contributed by atoms with E-state index in [4.69, 9.17) is 21.1 Å². The van der Waals surface area contributed by atoms with Crippen LogP contribution in [0.3, 0.4) is 0 Å². The van der Waals surface area contributed by atoms with Gasteiger partial charge in [-0.1, -0.05) is 0 Å². The first kappa shape index (κ1) is 14.3. The molecule has 0 aliphatic rings. The van der Waals surface area contributed by atoms with Gasteiger partial charge in [-0.3, -0.25) is 19.7 Å². The van der Waals surface area contributed by atoms with Crippen LogP contribution in [0.15, 0.2) is 0 Å². The first-order valence-electron chi connectivity index (χ1n) is 4.45. The van der Waals surface area contributed by atoms with Crippen LogP contribution in [0, 0.1) is 0 Å². The maximum atomic E-state index is 10.7. The number of hydrogen-bond acceptors (Lipinski definition) is 5. The number of nitrogens with two attached hydrogens (primary N) is 1. The van der Waals surface area contributed by atoms with E-state index in [1.165, 1.54) is 6.92 Å². The molecule has 0 aliphatic heterocycles. The molecule has 0 amide bonds. The number of carboxylic acid groups (broad SMARTS) is 3. The van der Waals surface area contributed by atoms with Crippen molar-refractivity contribution in [2.24, 2.45) is 5.73 Å². The minimum Gasteiger partial charge on any atom is -0.480 e. The van der Waals surface area contributed by atoms with Gasteiger partial charge in [0.1, 0.15) is 18.1 Å². The van der Waals surface area contributed by atoms with Gasteiger partial charge in [-0.25, -0.2) is 0 Å². The van der Waals surface area contributed by atoms with E-state index < -0.39 is 36.0 Å². The number of carboxylic acids is 3. The number of carbonyl (C=O) groups is 3. The van der Waals surface area contributed by atoms with Gasteiger partial charge in [-0.15, -0.1) is 0 Å². The van der Waals surface area contributed by atoms with E-state index >= 15 is 0 Å². The summed E-state index contributed by atoms with van der Waals surface area (Å²) in [5.74, 6) is -3.91. The molecule has 0 aliphatic carbocycles. The maximum Gasteiger partial charge on any atom is 0.320 e. The van der Waals surface area contributed by atoms with Crippen molar-refractivity contribution in [2.75, 3.05) is 0 Å². The van der Waals surface area contributed by atoms with Crippen LogP contribution in [0.2, 0.25) is 0 Å². The Balaban J connectivity index is 4.45. The summed E-state index contributed by atoms with van der Waals surface area (Å²) in [5.41, 5.74) is 5.16. The van der Waals surface area contributed by atoms with Gasteiger partial charge < -0.3 is 21.1 Å². The van der Waals surface area contributed by atoms with E-state index in [1.54, 1.807) is 0 Å². The zero-order valence-corrected chi connectivity index (χ0v) is 8.58. The molecule has 0 heterocycles. The fourth-order valence-corrected chi connectivity index (χ4v) is 0.968. The summed E-state index contributed by atoms with van der Waals surface area (Å²) in [6.45, 7) is 1.25. The molecule has 0 rings (SSSR count). The smallest absolute Gasteiger partial charge is 0.320 e. The Morgan fingerprint density at radius 2 is 1.62 bits per heavy atom. The Morgan fingerprint density at radius 3 is 1.94 bits per heavy atom. The normalized spacial score (nSPS) is 16.1. The lowest BCUT2D eigenvalue weighted by molar-refractivity contribution is -0.143. The highest BCUT2D eigenvalue weighted by molar-refractivity contribution is 5.79. The third-order valence-electron chi connectivity index (χ3n) is 1.93. The molecule has 0 radical (unpaired) electrons. The average Bonchev–Trinajstić information content (AvgIpc) is 2.15. The molecule has 92 valence electrons.